The van der Waals surface area contributed by atoms with Crippen molar-refractivity contribution < 1.29 is 0 Å². The molecule has 0 spiro atoms. The van der Waals surface area contributed by atoms with Crippen LogP contribution in [-0.4, -0.2) is 61.2 Å². The first-order chi connectivity index (χ1) is 9.05. The van der Waals surface area contributed by atoms with Crippen LogP contribution in [0, 0.1) is 11.3 Å². The van der Waals surface area contributed by atoms with Gasteiger partial charge in [0.25, 0.3) is 0 Å². The smallest absolute Gasteiger partial charge is 0.116 e. The predicted octanol–water partition coefficient (Wildman–Crippen LogP) is 1.93. The zero-order chi connectivity index (χ0) is 14.7. The number of nitriles is 1. The van der Waals surface area contributed by atoms with Gasteiger partial charge in [0.15, 0.2) is 0 Å². The van der Waals surface area contributed by atoms with Crippen LogP contribution in [0.4, 0.5) is 0 Å². The summed E-state index contributed by atoms with van der Waals surface area (Å²) in [6.07, 6.45) is 1.17. The third-order valence-corrected chi connectivity index (χ3v) is 3.64. The van der Waals surface area contributed by atoms with Crippen molar-refractivity contribution in [3.63, 3.8) is 0 Å². The number of likely N-dealkylation sites (N-methyl/N-ethyl adjacent to an activating group) is 2. The largest absolute Gasteiger partial charge is 0.304 e. The number of rotatable bonds is 11. The molecule has 0 aliphatic heterocycles. The van der Waals surface area contributed by atoms with Crippen molar-refractivity contribution in [3.05, 3.63) is 0 Å². The van der Waals surface area contributed by atoms with E-state index >= 15 is 0 Å². The van der Waals surface area contributed by atoms with Gasteiger partial charge in [-0.2, -0.15) is 5.26 Å². The number of nitrogens with one attached hydrogen (secondary N) is 1. The molecule has 1 atom stereocenters. The van der Waals surface area contributed by atoms with Crippen LogP contribution < -0.4 is 5.32 Å². The quantitative estimate of drug-likeness (QED) is 0.622. The lowest BCUT2D eigenvalue weighted by Gasteiger charge is -2.31. The summed E-state index contributed by atoms with van der Waals surface area (Å²) in [4.78, 5) is 4.82. The summed E-state index contributed by atoms with van der Waals surface area (Å²) in [7, 11) is 0. The fraction of sp³-hybridized carbons (Fsp3) is 0.933. The Hall–Kier alpha value is -0.630. The third-order valence-electron chi connectivity index (χ3n) is 3.64. The second-order valence-corrected chi connectivity index (χ2v) is 5.22. The van der Waals surface area contributed by atoms with Crippen molar-refractivity contribution in [1.29, 1.82) is 5.26 Å². The average molecular weight is 268 g/mol. The van der Waals surface area contributed by atoms with Gasteiger partial charge in [-0.1, -0.05) is 27.7 Å². The highest BCUT2D eigenvalue weighted by molar-refractivity contribution is 5.05. The Morgan fingerprint density at radius 3 is 1.95 bits per heavy atom. The van der Waals surface area contributed by atoms with Crippen molar-refractivity contribution >= 4 is 0 Å². The molecule has 0 aliphatic carbocycles. The maximum absolute atomic E-state index is 9.30. The Morgan fingerprint density at radius 1 is 1.00 bits per heavy atom. The van der Waals surface area contributed by atoms with Crippen LogP contribution in [0.15, 0.2) is 0 Å². The summed E-state index contributed by atoms with van der Waals surface area (Å²) in [5.74, 6) is 0. The highest BCUT2D eigenvalue weighted by atomic mass is 15.2. The second kappa shape index (κ2) is 10.2. The summed E-state index contributed by atoms with van der Waals surface area (Å²) in [6.45, 7) is 17.7. The van der Waals surface area contributed by atoms with E-state index in [2.05, 4.69) is 42.0 Å². The molecule has 0 amide bonds. The maximum atomic E-state index is 9.30. The molecule has 0 bridgehead atoms. The molecular weight excluding hydrogens is 236 g/mol. The van der Waals surface area contributed by atoms with E-state index in [0.717, 1.165) is 45.8 Å². The van der Waals surface area contributed by atoms with Crippen molar-refractivity contribution in [3.8, 4) is 6.07 Å². The van der Waals surface area contributed by atoms with Gasteiger partial charge in [-0.25, -0.2) is 0 Å². The highest BCUT2D eigenvalue weighted by Crippen LogP contribution is 2.06. The maximum Gasteiger partial charge on any atom is 0.116 e. The van der Waals surface area contributed by atoms with Crippen LogP contribution in [0.25, 0.3) is 0 Å². The first-order valence-corrected chi connectivity index (χ1v) is 7.66. The summed E-state index contributed by atoms with van der Waals surface area (Å²) in [6, 6.07) is 2.40. The van der Waals surface area contributed by atoms with Gasteiger partial charge in [-0.05, 0) is 52.6 Å². The molecule has 112 valence electrons. The van der Waals surface area contributed by atoms with Gasteiger partial charge >= 0.3 is 0 Å². The Kier molecular flexibility index (Phi) is 9.85. The minimum atomic E-state index is -0.431. The molecule has 0 radical (unpaired) electrons. The van der Waals surface area contributed by atoms with E-state index in [-0.39, 0.29) is 0 Å². The normalized spacial score (nSPS) is 14.6. The highest BCUT2D eigenvalue weighted by Gasteiger charge is 2.24. The summed E-state index contributed by atoms with van der Waals surface area (Å²) < 4.78 is 0. The van der Waals surface area contributed by atoms with Gasteiger partial charge < -0.3 is 9.80 Å². The molecular formula is C15H32N4. The molecule has 0 fully saturated rings. The van der Waals surface area contributed by atoms with Crippen LogP contribution in [-0.2, 0) is 0 Å². The molecule has 0 aromatic rings. The summed E-state index contributed by atoms with van der Waals surface area (Å²) in [5.41, 5.74) is -0.431. The SMILES string of the molecule is CCNC(C)(C#N)CN(CC)CCCN(CC)CC. The van der Waals surface area contributed by atoms with Crippen molar-refractivity contribution in [2.45, 2.75) is 46.6 Å². The van der Waals surface area contributed by atoms with Crippen LogP contribution >= 0.6 is 0 Å². The van der Waals surface area contributed by atoms with Gasteiger partial charge in [0.1, 0.15) is 5.54 Å². The Bertz CT molecular complexity index is 257. The average Bonchev–Trinajstić information content (AvgIpc) is 2.42. The molecule has 0 saturated carbocycles. The summed E-state index contributed by atoms with van der Waals surface area (Å²) >= 11 is 0. The lowest BCUT2D eigenvalue weighted by atomic mass is 10.0. The lowest BCUT2D eigenvalue weighted by Crippen LogP contribution is -2.50. The van der Waals surface area contributed by atoms with Gasteiger partial charge in [0.2, 0.25) is 0 Å². The first kappa shape index (κ1) is 18.4. The standard InChI is InChI=1S/C15H32N4/c1-6-17-15(5,13-16)14-19(9-4)12-10-11-18(7-2)8-3/h17H,6-12,14H2,1-5H3. The number of hydrogen-bond donors (Lipinski definition) is 1. The minimum absolute atomic E-state index is 0.431. The number of hydrogen-bond acceptors (Lipinski definition) is 4. The zero-order valence-corrected chi connectivity index (χ0v) is 13.5. The van der Waals surface area contributed by atoms with Crippen molar-refractivity contribution in [2.24, 2.45) is 0 Å². The summed E-state index contributed by atoms with van der Waals surface area (Å²) in [5, 5.41) is 12.6. The lowest BCUT2D eigenvalue weighted by molar-refractivity contribution is 0.210. The molecule has 4 heteroatoms. The predicted molar refractivity (Wildman–Crippen MR) is 82.2 cm³/mol. The molecule has 1 unspecified atom stereocenters. The van der Waals surface area contributed by atoms with E-state index in [4.69, 9.17) is 0 Å². The third kappa shape index (κ3) is 7.51. The molecule has 4 nitrogen and oxygen atoms in total. The van der Waals surface area contributed by atoms with Gasteiger partial charge in [-0.15, -0.1) is 0 Å². The van der Waals surface area contributed by atoms with E-state index in [9.17, 15) is 5.26 Å². The van der Waals surface area contributed by atoms with Gasteiger partial charge in [-0.3, -0.25) is 5.32 Å². The Balaban J connectivity index is 4.17. The fourth-order valence-corrected chi connectivity index (χ4v) is 2.37. The fourth-order valence-electron chi connectivity index (χ4n) is 2.37. The second-order valence-electron chi connectivity index (χ2n) is 5.22. The molecule has 0 aliphatic rings. The number of nitrogens with zero attached hydrogens (tertiary/aromatic N) is 3. The van der Waals surface area contributed by atoms with Gasteiger partial charge in [0, 0.05) is 6.54 Å². The molecule has 19 heavy (non-hydrogen) atoms. The molecule has 0 rings (SSSR count). The Morgan fingerprint density at radius 2 is 1.53 bits per heavy atom. The van der Waals surface area contributed by atoms with E-state index in [1.807, 2.05) is 13.8 Å². The Labute approximate surface area is 119 Å². The van der Waals surface area contributed by atoms with Gasteiger partial charge in [0.05, 0.1) is 6.07 Å². The monoisotopic (exact) mass is 268 g/mol. The molecule has 1 N–H and O–H groups in total. The van der Waals surface area contributed by atoms with Crippen molar-refractivity contribution in [1.82, 2.24) is 15.1 Å². The molecule has 0 aromatic carbocycles. The van der Waals surface area contributed by atoms with Crippen molar-refractivity contribution in [2.75, 3.05) is 45.8 Å². The van der Waals surface area contributed by atoms with E-state index < -0.39 is 5.54 Å². The first-order valence-electron chi connectivity index (χ1n) is 7.66. The topological polar surface area (TPSA) is 42.3 Å². The minimum Gasteiger partial charge on any atom is -0.304 e. The van der Waals surface area contributed by atoms with Crippen LogP contribution in [0.1, 0.15) is 41.0 Å². The van der Waals surface area contributed by atoms with E-state index in [1.165, 1.54) is 6.42 Å². The molecule has 0 aromatic heterocycles. The van der Waals surface area contributed by atoms with Crippen LogP contribution in [0.2, 0.25) is 0 Å². The molecule has 0 saturated heterocycles. The van der Waals surface area contributed by atoms with Crippen LogP contribution in [0.3, 0.4) is 0 Å². The van der Waals surface area contributed by atoms with Crippen LogP contribution in [0.5, 0.6) is 0 Å². The van der Waals surface area contributed by atoms with E-state index in [0.29, 0.717) is 0 Å². The van der Waals surface area contributed by atoms with E-state index in [1.54, 1.807) is 0 Å². The zero-order valence-electron chi connectivity index (χ0n) is 13.5. The molecule has 0 heterocycles.